The van der Waals surface area contributed by atoms with Gasteiger partial charge in [-0.1, -0.05) is 60.1 Å². The van der Waals surface area contributed by atoms with Crippen LogP contribution in [-0.4, -0.2) is 28.0 Å². The summed E-state index contributed by atoms with van der Waals surface area (Å²) in [5, 5.41) is 15.4. The number of carbonyl (C=O) groups is 2. The summed E-state index contributed by atoms with van der Waals surface area (Å²) >= 11 is 7.61. The summed E-state index contributed by atoms with van der Waals surface area (Å²) in [5.41, 5.74) is 4.58. The number of hydrogen-bond acceptors (Lipinski definition) is 4. The molecule has 0 fully saturated rings. The van der Waals surface area contributed by atoms with Crippen molar-refractivity contribution in [3.8, 4) is 10.6 Å². The number of amides is 1. The molecule has 0 saturated carbocycles. The highest BCUT2D eigenvalue weighted by Gasteiger charge is 2.25. The molecule has 1 aliphatic carbocycles. The fraction of sp³-hybridized carbons (Fsp3) is 0.174. The Hall–Kier alpha value is -2.96. The van der Waals surface area contributed by atoms with Gasteiger partial charge in [-0.3, -0.25) is 4.79 Å². The molecule has 0 bridgehead atoms. The van der Waals surface area contributed by atoms with Crippen LogP contribution in [0.15, 0.2) is 60.0 Å². The van der Waals surface area contributed by atoms with Crippen molar-refractivity contribution >= 4 is 40.4 Å². The monoisotopic (exact) mass is 438 g/mol. The molecule has 4 rings (SSSR count). The minimum absolute atomic E-state index is 0.0143. The summed E-state index contributed by atoms with van der Waals surface area (Å²) in [4.78, 5) is 28.7. The quantitative estimate of drug-likeness (QED) is 0.564. The molecule has 1 aromatic heterocycles. The standard InChI is InChI=1S/C23H19ClN2O3S/c24-19-8-4-3-7-18(19)22-25-16(13-30-22)12-21(27)26-20(23(28)29)11-15-10-9-14-5-1-2-6-17(14)15/h1-8,10,13,20H,9,11-12H2,(H,26,27)(H,28,29)/t20-/m1/s1. The predicted octanol–water partition coefficient (Wildman–Crippen LogP) is 4.61. The predicted molar refractivity (Wildman–Crippen MR) is 119 cm³/mol. The highest BCUT2D eigenvalue weighted by molar-refractivity contribution is 7.13. The summed E-state index contributed by atoms with van der Waals surface area (Å²) < 4.78 is 0. The number of nitrogens with zero attached hydrogens (tertiary/aromatic N) is 1. The first-order valence-electron chi connectivity index (χ1n) is 9.50. The van der Waals surface area contributed by atoms with Crippen LogP contribution in [0.5, 0.6) is 0 Å². The van der Waals surface area contributed by atoms with Crippen LogP contribution in [0.25, 0.3) is 16.1 Å². The van der Waals surface area contributed by atoms with Gasteiger partial charge in [0.05, 0.1) is 17.1 Å². The summed E-state index contributed by atoms with van der Waals surface area (Å²) in [6.45, 7) is 0. The molecule has 5 nitrogen and oxygen atoms in total. The zero-order valence-electron chi connectivity index (χ0n) is 16.0. The number of carboxylic acids is 1. The van der Waals surface area contributed by atoms with Crippen LogP contribution < -0.4 is 5.32 Å². The number of carboxylic acid groups (broad SMARTS) is 1. The zero-order chi connectivity index (χ0) is 21.1. The third-order valence-electron chi connectivity index (χ3n) is 4.99. The SMILES string of the molecule is O=C(Cc1csc(-c2ccccc2Cl)n1)N[C@H](CC1=CCc2ccccc21)C(=O)O. The van der Waals surface area contributed by atoms with Crippen LogP contribution in [0.3, 0.4) is 0 Å². The van der Waals surface area contributed by atoms with Gasteiger partial charge in [0.2, 0.25) is 5.91 Å². The van der Waals surface area contributed by atoms with Crippen molar-refractivity contribution in [1.82, 2.24) is 10.3 Å². The van der Waals surface area contributed by atoms with Crippen molar-refractivity contribution in [2.75, 3.05) is 0 Å². The van der Waals surface area contributed by atoms with Gasteiger partial charge >= 0.3 is 5.97 Å². The van der Waals surface area contributed by atoms with E-state index in [1.807, 2.05) is 48.5 Å². The lowest BCUT2D eigenvalue weighted by Gasteiger charge is -2.16. The third-order valence-corrected chi connectivity index (χ3v) is 6.24. The molecule has 2 N–H and O–H groups in total. The van der Waals surface area contributed by atoms with Crippen LogP contribution in [0.2, 0.25) is 5.02 Å². The molecule has 2 aromatic carbocycles. The topological polar surface area (TPSA) is 79.3 Å². The van der Waals surface area contributed by atoms with Crippen LogP contribution in [0.4, 0.5) is 0 Å². The maximum Gasteiger partial charge on any atom is 0.326 e. The van der Waals surface area contributed by atoms with E-state index in [1.54, 1.807) is 11.4 Å². The molecular formula is C23H19ClN2O3S. The van der Waals surface area contributed by atoms with Gasteiger partial charge in [-0.2, -0.15) is 0 Å². The fourth-order valence-electron chi connectivity index (χ4n) is 3.52. The van der Waals surface area contributed by atoms with Gasteiger partial charge in [-0.25, -0.2) is 9.78 Å². The molecule has 3 aromatic rings. The first-order chi connectivity index (χ1) is 14.5. The maximum absolute atomic E-state index is 12.5. The second-order valence-corrected chi connectivity index (χ2v) is 8.32. The number of carbonyl (C=O) groups excluding carboxylic acids is 1. The van der Waals surface area contributed by atoms with Crippen molar-refractivity contribution in [3.05, 3.63) is 81.8 Å². The first-order valence-corrected chi connectivity index (χ1v) is 10.8. The summed E-state index contributed by atoms with van der Waals surface area (Å²) in [5.74, 6) is -1.42. The lowest BCUT2D eigenvalue weighted by atomic mass is 9.99. The summed E-state index contributed by atoms with van der Waals surface area (Å²) in [6.07, 6.45) is 3.08. The molecule has 0 aliphatic heterocycles. The summed E-state index contributed by atoms with van der Waals surface area (Å²) in [6, 6.07) is 14.3. The van der Waals surface area contributed by atoms with E-state index >= 15 is 0 Å². The van der Waals surface area contributed by atoms with Gasteiger partial charge in [0.1, 0.15) is 11.0 Å². The number of aliphatic carboxylic acids is 1. The maximum atomic E-state index is 12.5. The smallest absolute Gasteiger partial charge is 0.326 e. The minimum Gasteiger partial charge on any atom is -0.480 e. The van der Waals surface area contributed by atoms with Gasteiger partial charge in [0.15, 0.2) is 0 Å². The molecule has 7 heteroatoms. The van der Waals surface area contributed by atoms with E-state index in [1.165, 1.54) is 16.9 Å². The van der Waals surface area contributed by atoms with Crippen molar-refractivity contribution in [1.29, 1.82) is 0 Å². The van der Waals surface area contributed by atoms with E-state index in [9.17, 15) is 14.7 Å². The molecule has 30 heavy (non-hydrogen) atoms. The first kappa shape index (κ1) is 20.3. The Labute approximate surface area is 183 Å². The molecule has 1 aliphatic rings. The number of thiazole rings is 1. The van der Waals surface area contributed by atoms with Gasteiger partial charge in [0.25, 0.3) is 0 Å². The third kappa shape index (κ3) is 4.45. The Morgan fingerprint density at radius 3 is 2.63 bits per heavy atom. The largest absolute Gasteiger partial charge is 0.480 e. The normalized spacial score (nSPS) is 13.4. The van der Waals surface area contributed by atoms with Gasteiger partial charge in [-0.15, -0.1) is 11.3 Å². The van der Waals surface area contributed by atoms with Crippen LogP contribution >= 0.6 is 22.9 Å². The van der Waals surface area contributed by atoms with E-state index in [2.05, 4.69) is 10.3 Å². The van der Waals surface area contributed by atoms with Crippen molar-refractivity contribution in [2.24, 2.45) is 0 Å². The van der Waals surface area contributed by atoms with Crippen molar-refractivity contribution in [2.45, 2.75) is 25.3 Å². The number of benzene rings is 2. The second kappa shape index (κ2) is 8.81. The minimum atomic E-state index is -1.05. The Bertz CT molecular complexity index is 1140. The summed E-state index contributed by atoms with van der Waals surface area (Å²) in [7, 11) is 0. The Morgan fingerprint density at radius 1 is 1.13 bits per heavy atom. The lowest BCUT2D eigenvalue weighted by molar-refractivity contribution is -0.141. The molecule has 1 atom stereocenters. The van der Waals surface area contributed by atoms with Crippen molar-refractivity contribution in [3.63, 3.8) is 0 Å². The van der Waals surface area contributed by atoms with Gasteiger partial charge in [0, 0.05) is 17.4 Å². The van der Waals surface area contributed by atoms with E-state index in [0.717, 1.165) is 28.1 Å². The Kier molecular flexibility index (Phi) is 5.97. The second-order valence-electron chi connectivity index (χ2n) is 7.05. The average Bonchev–Trinajstić information content (AvgIpc) is 3.35. The molecule has 1 amide bonds. The van der Waals surface area contributed by atoms with Crippen LogP contribution in [-0.2, 0) is 22.4 Å². The highest BCUT2D eigenvalue weighted by atomic mass is 35.5. The van der Waals surface area contributed by atoms with E-state index in [4.69, 9.17) is 11.6 Å². The Balaban J connectivity index is 1.41. The molecule has 0 unspecified atom stereocenters. The number of aromatic nitrogens is 1. The highest BCUT2D eigenvalue weighted by Crippen LogP contribution is 2.31. The van der Waals surface area contributed by atoms with Gasteiger partial charge in [-0.05, 0) is 29.2 Å². The zero-order valence-corrected chi connectivity index (χ0v) is 17.5. The number of halogens is 1. The van der Waals surface area contributed by atoms with E-state index < -0.39 is 12.0 Å². The molecular weight excluding hydrogens is 420 g/mol. The van der Waals surface area contributed by atoms with E-state index in [-0.39, 0.29) is 18.7 Å². The molecule has 1 heterocycles. The molecule has 0 radical (unpaired) electrons. The molecule has 0 saturated heterocycles. The Morgan fingerprint density at radius 2 is 1.87 bits per heavy atom. The van der Waals surface area contributed by atoms with Crippen LogP contribution in [0, 0.1) is 0 Å². The molecule has 152 valence electrons. The van der Waals surface area contributed by atoms with Gasteiger partial charge < -0.3 is 10.4 Å². The van der Waals surface area contributed by atoms with Crippen molar-refractivity contribution < 1.29 is 14.7 Å². The number of rotatable bonds is 7. The number of allylic oxidation sites excluding steroid dienone is 1. The number of fused-ring (bicyclic) bond motifs is 1. The number of nitrogens with one attached hydrogen (secondary N) is 1. The average molecular weight is 439 g/mol. The van der Waals surface area contributed by atoms with E-state index in [0.29, 0.717) is 10.7 Å². The van der Waals surface area contributed by atoms with Crippen LogP contribution in [0.1, 0.15) is 23.2 Å². The lowest BCUT2D eigenvalue weighted by Crippen LogP contribution is -2.41. The number of hydrogen-bond donors (Lipinski definition) is 2. The fourth-order valence-corrected chi connectivity index (χ4v) is 4.66. The molecule has 0 spiro atoms.